The van der Waals surface area contributed by atoms with Crippen molar-refractivity contribution < 1.29 is 42.8 Å². The maximum atomic E-state index is 14.2. The van der Waals surface area contributed by atoms with Gasteiger partial charge in [-0.3, -0.25) is 13.9 Å². The SMILES string of the molecule is COc1nc(N)nc2c1ncn2C1O[C@H](COP(=O)(NC(C)C(=O)OC(C)C)Oc2cccc3ccccc23)[C@@H](O)[C@@]1(C)O. The molecule has 4 aromatic rings. The van der Waals surface area contributed by atoms with Crippen LogP contribution in [0.4, 0.5) is 5.95 Å². The number of benzene rings is 2. The van der Waals surface area contributed by atoms with Crippen LogP contribution in [0.2, 0.25) is 0 Å². The summed E-state index contributed by atoms with van der Waals surface area (Å²) < 4.78 is 43.9. The van der Waals surface area contributed by atoms with Crippen molar-refractivity contribution in [1.82, 2.24) is 24.6 Å². The molecule has 5 rings (SSSR count). The van der Waals surface area contributed by atoms with Gasteiger partial charge in [0.25, 0.3) is 0 Å². The average molecular weight is 631 g/mol. The van der Waals surface area contributed by atoms with E-state index in [-0.39, 0.29) is 28.7 Å². The number of nitrogens with one attached hydrogen (secondary N) is 1. The maximum absolute atomic E-state index is 14.2. The molecule has 1 saturated heterocycles. The van der Waals surface area contributed by atoms with Gasteiger partial charge in [-0.2, -0.15) is 15.1 Å². The Bertz CT molecular complexity index is 1710. The number of hydrogen-bond acceptors (Lipinski definition) is 13. The largest absolute Gasteiger partial charge is 0.479 e. The molecule has 5 N–H and O–H groups in total. The standard InChI is InChI=1S/C28H35N6O9P/c1-15(2)41-25(36)16(3)33-44(38,43-19-12-8-10-17-9-6-7-11-18(17)19)40-13-20-22(35)28(4,37)26(42-20)34-14-30-21-23(34)31-27(29)32-24(21)39-5/h6-12,14-16,20,22,26,35,37H,13H2,1-5H3,(H,33,38)(H2,29,31,32)/t16?,20-,22-,26?,28-,44?/m1/s1. The number of rotatable bonds is 11. The number of aliphatic hydroxyl groups is 2. The van der Waals surface area contributed by atoms with Crippen LogP contribution in [-0.4, -0.2) is 79.4 Å². The first-order valence-corrected chi connectivity index (χ1v) is 15.4. The van der Waals surface area contributed by atoms with Gasteiger partial charge in [-0.25, -0.2) is 9.55 Å². The van der Waals surface area contributed by atoms with Crippen molar-refractivity contribution in [1.29, 1.82) is 0 Å². The highest BCUT2D eigenvalue weighted by Crippen LogP contribution is 2.48. The summed E-state index contributed by atoms with van der Waals surface area (Å²) in [5.41, 5.74) is 4.39. The van der Waals surface area contributed by atoms with E-state index in [0.717, 1.165) is 5.39 Å². The van der Waals surface area contributed by atoms with Gasteiger partial charge in [0, 0.05) is 5.39 Å². The quantitative estimate of drug-likeness (QED) is 0.139. The highest BCUT2D eigenvalue weighted by molar-refractivity contribution is 7.52. The van der Waals surface area contributed by atoms with Gasteiger partial charge in [0.1, 0.15) is 29.6 Å². The molecule has 3 heterocycles. The Labute approximate surface area is 252 Å². The second kappa shape index (κ2) is 12.3. The van der Waals surface area contributed by atoms with Gasteiger partial charge in [-0.15, -0.1) is 0 Å². The van der Waals surface area contributed by atoms with Crippen LogP contribution in [-0.2, 0) is 23.4 Å². The summed E-state index contributed by atoms with van der Waals surface area (Å²) in [4.78, 5) is 25.0. The minimum Gasteiger partial charge on any atom is -0.479 e. The number of carbonyl (C=O) groups excluding carboxylic acids is 1. The highest BCUT2D eigenvalue weighted by atomic mass is 31.2. The lowest BCUT2D eigenvalue weighted by atomic mass is 9.96. The average Bonchev–Trinajstić information content (AvgIpc) is 3.48. The molecule has 0 amide bonds. The number of hydrogen-bond donors (Lipinski definition) is 4. The number of carbonyl (C=O) groups is 1. The van der Waals surface area contributed by atoms with Gasteiger partial charge in [0.05, 0.1) is 26.1 Å². The van der Waals surface area contributed by atoms with E-state index in [1.165, 1.54) is 31.9 Å². The number of nitrogens with two attached hydrogens (primary N) is 1. The molecule has 3 unspecified atom stereocenters. The number of nitrogens with zero attached hydrogens (tertiary/aromatic N) is 4. The molecule has 1 aliphatic heterocycles. The highest BCUT2D eigenvalue weighted by Gasteiger charge is 2.54. The van der Waals surface area contributed by atoms with Gasteiger partial charge < -0.3 is 34.7 Å². The van der Waals surface area contributed by atoms with Crippen molar-refractivity contribution in [2.45, 2.75) is 63.9 Å². The number of aliphatic hydroxyl groups excluding tert-OH is 1. The second-order valence-corrected chi connectivity index (χ2v) is 12.5. The van der Waals surface area contributed by atoms with Crippen LogP contribution in [0.5, 0.6) is 11.6 Å². The van der Waals surface area contributed by atoms with Crippen molar-refractivity contribution in [3.05, 3.63) is 48.8 Å². The number of fused-ring (bicyclic) bond motifs is 2. The van der Waals surface area contributed by atoms with Crippen molar-refractivity contribution in [2.24, 2.45) is 0 Å². The molecule has 0 spiro atoms. The Kier molecular flexibility index (Phi) is 8.80. The molecule has 44 heavy (non-hydrogen) atoms. The summed E-state index contributed by atoms with van der Waals surface area (Å²) in [7, 11) is -2.95. The predicted octanol–water partition coefficient (Wildman–Crippen LogP) is 2.71. The Balaban J connectivity index is 1.42. The molecule has 6 atom stereocenters. The fourth-order valence-corrected chi connectivity index (χ4v) is 6.41. The van der Waals surface area contributed by atoms with Crippen LogP contribution in [0, 0.1) is 0 Å². The Morgan fingerprint density at radius 1 is 1.20 bits per heavy atom. The molecule has 16 heteroatoms. The normalized spacial score (nSPS) is 24.0. The number of esters is 1. The zero-order chi connectivity index (χ0) is 31.8. The van der Waals surface area contributed by atoms with Crippen molar-refractivity contribution >= 4 is 41.6 Å². The summed E-state index contributed by atoms with van der Waals surface area (Å²) in [5, 5.41) is 26.6. The maximum Gasteiger partial charge on any atom is 0.459 e. The third-order valence-corrected chi connectivity index (χ3v) is 8.67. The third kappa shape index (κ3) is 6.20. The van der Waals surface area contributed by atoms with E-state index in [9.17, 15) is 19.6 Å². The summed E-state index contributed by atoms with van der Waals surface area (Å²) >= 11 is 0. The fraction of sp³-hybridized carbons (Fsp3) is 0.429. The van der Waals surface area contributed by atoms with E-state index < -0.39 is 56.5 Å². The van der Waals surface area contributed by atoms with E-state index in [2.05, 4.69) is 20.0 Å². The van der Waals surface area contributed by atoms with Crippen LogP contribution in [0.15, 0.2) is 48.8 Å². The Morgan fingerprint density at radius 3 is 2.66 bits per heavy atom. The lowest BCUT2D eigenvalue weighted by Gasteiger charge is -2.27. The smallest absolute Gasteiger partial charge is 0.459 e. The molecule has 1 fully saturated rings. The summed E-state index contributed by atoms with van der Waals surface area (Å²) in [6.07, 6.45) is -3.03. The summed E-state index contributed by atoms with van der Waals surface area (Å²) in [6.45, 7) is 5.69. The Morgan fingerprint density at radius 2 is 1.93 bits per heavy atom. The van der Waals surface area contributed by atoms with Crippen molar-refractivity contribution in [3.63, 3.8) is 0 Å². The Hall–Kier alpha value is -3.85. The molecule has 0 radical (unpaired) electrons. The number of ether oxygens (including phenoxy) is 3. The van der Waals surface area contributed by atoms with Crippen LogP contribution < -0.4 is 20.1 Å². The number of aromatic nitrogens is 4. The van der Waals surface area contributed by atoms with Gasteiger partial charge in [-0.05, 0) is 39.1 Å². The zero-order valence-corrected chi connectivity index (χ0v) is 25.7. The molecule has 1 aliphatic rings. The second-order valence-electron chi connectivity index (χ2n) is 10.8. The van der Waals surface area contributed by atoms with Crippen LogP contribution in [0.25, 0.3) is 21.9 Å². The third-order valence-electron chi connectivity index (χ3n) is 7.04. The molecule has 15 nitrogen and oxygen atoms in total. The molecular weight excluding hydrogens is 595 g/mol. The molecular formula is C28H35N6O9P. The zero-order valence-electron chi connectivity index (χ0n) is 24.8. The van der Waals surface area contributed by atoms with Crippen LogP contribution >= 0.6 is 7.75 Å². The van der Waals surface area contributed by atoms with E-state index in [1.54, 1.807) is 38.1 Å². The van der Waals surface area contributed by atoms with Gasteiger partial charge in [0.15, 0.2) is 17.4 Å². The van der Waals surface area contributed by atoms with Gasteiger partial charge in [-0.1, -0.05) is 36.4 Å². The minimum atomic E-state index is -4.35. The predicted molar refractivity (Wildman–Crippen MR) is 159 cm³/mol. The molecule has 0 saturated carbocycles. The van der Waals surface area contributed by atoms with Crippen molar-refractivity contribution in [3.8, 4) is 11.6 Å². The molecule has 2 aromatic heterocycles. The topological polar surface area (TPSA) is 202 Å². The monoisotopic (exact) mass is 630 g/mol. The first-order valence-electron chi connectivity index (χ1n) is 13.8. The molecule has 2 aromatic carbocycles. The number of imidazole rings is 1. The number of methoxy groups -OCH3 is 1. The number of nitrogen functional groups attached to an aromatic ring is 1. The number of anilines is 1. The van der Waals surface area contributed by atoms with E-state index >= 15 is 0 Å². The molecule has 0 bridgehead atoms. The summed E-state index contributed by atoms with van der Waals surface area (Å²) in [5.74, 6) is -0.421. The van der Waals surface area contributed by atoms with Gasteiger partial charge in [0.2, 0.25) is 11.8 Å². The van der Waals surface area contributed by atoms with Crippen LogP contribution in [0.1, 0.15) is 33.9 Å². The first-order chi connectivity index (χ1) is 20.8. The van der Waals surface area contributed by atoms with E-state index in [1.807, 2.05) is 18.2 Å². The van der Waals surface area contributed by atoms with Gasteiger partial charge >= 0.3 is 13.7 Å². The van der Waals surface area contributed by atoms with Crippen molar-refractivity contribution in [2.75, 3.05) is 19.5 Å². The van der Waals surface area contributed by atoms with Crippen LogP contribution in [0.3, 0.4) is 0 Å². The van der Waals surface area contributed by atoms with E-state index in [0.29, 0.717) is 5.39 Å². The lowest BCUT2D eigenvalue weighted by molar-refractivity contribution is -0.149. The molecule has 236 valence electrons. The van der Waals surface area contributed by atoms with E-state index in [4.69, 9.17) is 29.0 Å². The minimum absolute atomic E-state index is 0.100. The first kappa shape index (κ1) is 31.6. The molecule has 0 aliphatic carbocycles. The fourth-order valence-electron chi connectivity index (χ4n) is 4.89. The summed E-state index contributed by atoms with van der Waals surface area (Å²) in [6, 6.07) is 11.4. The lowest BCUT2D eigenvalue weighted by Crippen LogP contribution is -2.44.